The third-order valence-electron chi connectivity index (χ3n) is 22.7. The quantitative estimate of drug-likeness (QED) is 0.0103. The summed E-state index contributed by atoms with van der Waals surface area (Å²) in [5.74, 6) is 2.53. The number of aromatic hydroxyl groups is 1. The number of likely N-dealkylation sites (N-methyl/N-ethyl adjacent to an activating group) is 2. The highest BCUT2D eigenvalue weighted by atomic mass is 35.5. The molecule has 128 heavy (non-hydrogen) atoms. The Morgan fingerprint density at radius 1 is 0.414 bits per heavy atom. The second kappa shape index (κ2) is 53.6. The molecule has 5 aliphatic carbocycles. The molecule has 0 aliphatic heterocycles. The monoisotopic (exact) mass is 1780 g/mol. The van der Waals surface area contributed by atoms with Crippen LogP contribution in [0.2, 0.25) is 0 Å². The van der Waals surface area contributed by atoms with Gasteiger partial charge in [0.05, 0.1) is 50.7 Å². The zero-order valence-electron chi connectivity index (χ0n) is 76.5. The maximum atomic E-state index is 11.8. The van der Waals surface area contributed by atoms with E-state index < -0.39 is 13.0 Å². The highest BCUT2D eigenvalue weighted by molar-refractivity contribution is 6.58. The predicted molar refractivity (Wildman–Crippen MR) is 515 cm³/mol. The molecule has 6 N–H and O–H groups in total. The van der Waals surface area contributed by atoms with Crippen LogP contribution in [0, 0.1) is 13.8 Å². The van der Waals surface area contributed by atoms with E-state index in [9.17, 15) is 29.1 Å². The maximum Gasteiger partial charge on any atom is 0.488 e. The minimum absolute atomic E-state index is 0. The first kappa shape index (κ1) is 104. The summed E-state index contributed by atoms with van der Waals surface area (Å²) in [5, 5.41) is 42.9. The molecule has 0 saturated carbocycles. The van der Waals surface area contributed by atoms with Gasteiger partial charge in [-0.3, -0.25) is 10.0 Å². The van der Waals surface area contributed by atoms with Crippen molar-refractivity contribution in [1.82, 2.24) is 20.2 Å². The summed E-state index contributed by atoms with van der Waals surface area (Å²) < 4.78 is 30.9. The standard InChI is InChI=1S/C22H27NO3.C21H26N2O3.C19H18O2.C18H18O3.C13H14O2.C7H9BO2.C4H10ClN.CH4O.ClH/c1-23(2)11-12-26-21-6-4-5-17(15-21)18-9-7-16-8-10-19(22(24)25-3)14-20(16)13-18;1-23(2)10-11-26-20-5-3-4-16(14-20)17-8-6-15-7-9-18(21(24)22-25)13-19(15)12-17;1-13-4-3-5-15(10-13)16-8-6-14-7-9-17(19(20)21-2)12-18(14)11-16;1-21-18(20)15-8-6-12-5-7-14(9-16(12)10-15)13-3-2-4-17(19)11-13;1-9-3-4-10-5-6-11(13(14)15-2)8-12(10)7-9;1-6-3-2-4-7(5-6)8(9)10;1-6(2)4-3-5;1-2;/h4-6,8,10,14-15,18H,7,9,11-13H2,1-3H3;3-5,7,9,13-14,17,25H,6,8,10-12H2,1-2H3,(H,22,24);3-5,7,9-12H,6,8H2,1-2H3;2-4,6,8,10-11,14,19H,5,7,9H2,1H3;5-8H,3-4H2,1-2H3;2-5,9-10H,1H3;3-4H2,1-2H3;2H,1H3;1H. The molecule has 0 spiro atoms. The fourth-order valence-electron chi connectivity index (χ4n) is 15.7. The van der Waals surface area contributed by atoms with Crippen molar-refractivity contribution in [2.24, 2.45) is 0 Å². The number of amides is 1. The third-order valence-corrected chi connectivity index (χ3v) is 22.9. The predicted octanol–water partition coefficient (Wildman–Crippen LogP) is 17.7. The number of carbonyl (C=O) groups is 5. The average Bonchev–Trinajstić information content (AvgIpc) is 0.830. The molecule has 0 heterocycles. The number of methoxy groups -OCH3 is 4. The number of halogens is 2. The molecule has 680 valence electrons. The second-order valence-corrected chi connectivity index (χ2v) is 33.2. The summed E-state index contributed by atoms with van der Waals surface area (Å²) in [6.07, 6.45) is 17.6. The van der Waals surface area contributed by atoms with E-state index in [0.29, 0.717) is 70.0 Å². The molecule has 0 fully saturated rings. The molecule has 15 rings (SSSR count). The van der Waals surface area contributed by atoms with E-state index in [4.69, 9.17) is 60.4 Å². The van der Waals surface area contributed by atoms with Crippen LogP contribution in [0.1, 0.15) is 198 Å². The van der Waals surface area contributed by atoms with Crippen LogP contribution in [-0.4, -0.2) is 194 Å². The number of carbonyl (C=O) groups excluding carboxylic acids is 5. The first-order valence-corrected chi connectivity index (χ1v) is 43.6. The van der Waals surface area contributed by atoms with Crippen molar-refractivity contribution in [3.8, 4) is 17.2 Å². The summed E-state index contributed by atoms with van der Waals surface area (Å²) >= 11 is 5.35. The number of nitrogens with one attached hydrogen (secondary N) is 1. The van der Waals surface area contributed by atoms with Crippen LogP contribution >= 0.6 is 24.0 Å². The van der Waals surface area contributed by atoms with E-state index >= 15 is 0 Å². The van der Waals surface area contributed by atoms with Crippen LogP contribution in [0.4, 0.5) is 0 Å². The summed E-state index contributed by atoms with van der Waals surface area (Å²) in [7, 11) is 17.5. The maximum absolute atomic E-state index is 11.8. The Bertz CT molecular complexity index is 5210. The van der Waals surface area contributed by atoms with Crippen molar-refractivity contribution in [3.05, 3.63) is 335 Å². The SMILES string of the molecule is CN(C)CCCl.CN(C)CCOc1cccc(C2CCc3ccc(C(=O)NO)cc3C2)c1.CO.COC(=O)c1ccc2c(c1)C=C(C)CC2.COC(=O)c1ccc2c(c1)C=C(c1cccc(C)c1)CC2.COC(=O)c1ccc2c(c1)CC(c1cccc(O)c1)CC2.COC(=O)c1ccc2c(c1)CC(c1cccc(OCCN(C)C)c1)CC2.Cc1cccc(B(O)O)c1.Cl. The molecule has 20 nitrogen and oxygen atoms in total. The first-order valence-electron chi connectivity index (χ1n) is 43.1. The van der Waals surface area contributed by atoms with Crippen LogP contribution in [0.5, 0.6) is 17.2 Å². The number of aliphatic hydroxyl groups excluding tert-OH is 1. The lowest BCUT2D eigenvalue weighted by Gasteiger charge is -2.26. The number of alkyl halides is 1. The number of phenolic OH excluding ortho intramolecular Hbond substituents is 1. The van der Waals surface area contributed by atoms with E-state index in [1.54, 1.807) is 35.8 Å². The molecular formula is C105H127BCl2N4O16. The molecule has 3 unspecified atom stereocenters. The zero-order chi connectivity index (χ0) is 92.1. The van der Waals surface area contributed by atoms with Crippen molar-refractivity contribution in [1.29, 1.82) is 0 Å². The number of phenols is 1. The number of aliphatic hydroxyl groups is 1. The molecule has 10 aromatic carbocycles. The summed E-state index contributed by atoms with van der Waals surface area (Å²) in [4.78, 5) is 64.4. The van der Waals surface area contributed by atoms with Gasteiger partial charge in [-0.15, -0.1) is 24.0 Å². The van der Waals surface area contributed by atoms with E-state index in [2.05, 4.69) is 103 Å². The Morgan fingerprint density at radius 2 is 0.797 bits per heavy atom. The van der Waals surface area contributed by atoms with Gasteiger partial charge in [0, 0.05) is 38.2 Å². The molecule has 5 aliphatic rings. The van der Waals surface area contributed by atoms with E-state index in [0.717, 1.165) is 150 Å². The summed E-state index contributed by atoms with van der Waals surface area (Å²) in [5.41, 5.74) is 27.7. The van der Waals surface area contributed by atoms with Crippen LogP contribution in [0.3, 0.4) is 0 Å². The number of allylic oxidation sites excluding steroid dienone is 2. The van der Waals surface area contributed by atoms with Crippen LogP contribution < -0.4 is 20.4 Å². The van der Waals surface area contributed by atoms with Crippen LogP contribution in [-0.2, 0) is 70.3 Å². The van der Waals surface area contributed by atoms with Crippen molar-refractivity contribution in [3.63, 3.8) is 0 Å². The normalized spacial score (nSPS) is 14.5. The van der Waals surface area contributed by atoms with Gasteiger partial charge in [-0.1, -0.05) is 144 Å². The Kier molecular flexibility index (Phi) is 43.5. The van der Waals surface area contributed by atoms with Crippen LogP contribution in [0.15, 0.2) is 218 Å². The average molecular weight is 1780 g/mol. The first-order chi connectivity index (χ1) is 61.1. The van der Waals surface area contributed by atoms with Gasteiger partial charge in [-0.05, 0) is 350 Å². The van der Waals surface area contributed by atoms with Gasteiger partial charge in [-0.25, -0.2) is 24.7 Å². The Balaban J connectivity index is 0.000000210. The molecule has 3 atom stereocenters. The van der Waals surface area contributed by atoms with Gasteiger partial charge in [-0.2, -0.15) is 0 Å². The van der Waals surface area contributed by atoms with Gasteiger partial charge in [0.1, 0.15) is 30.5 Å². The molecular weight excluding hydrogens is 1650 g/mol. The van der Waals surface area contributed by atoms with Gasteiger partial charge in [0.15, 0.2) is 0 Å². The number of aryl methyl sites for hydroxylation is 7. The van der Waals surface area contributed by atoms with Crippen LogP contribution in [0.25, 0.3) is 17.7 Å². The van der Waals surface area contributed by atoms with Gasteiger partial charge >= 0.3 is 31.0 Å². The largest absolute Gasteiger partial charge is 0.508 e. The molecule has 0 saturated heterocycles. The van der Waals surface area contributed by atoms with E-state index in [1.165, 1.54) is 106 Å². The van der Waals surface area contributed by atoms with E-state index in [1.807, 2.05) is 169 Å². The molecule has 0 radical (unpaired) electrons. The van der Waals surface area contributed by atoms with Crippen molar-refractivity contribution < 1.29 is 77.9 Å². The Morgan fingerprint density at radius 3 is 1.19 bits per heavy atom. The van der Waals surface area contributed by atoms with Gasteiger partial charge in [0.25, 0.3) is 5.91 Å². The van der Waals surface area contributed by atoms with Crippen molar-refractivity contribution >= 4 is 84.1 Å². The number of esters is 4. The third kappa shape index (κ3) is 32.5. The minimum Gasteiger partial charge on any atom is -0.508 e. The van der Waals surface area contributed by atoms with Crippen molar-refractivity contribution in [2.45, 2.75) is 122 Å². The zero-order valence-corrected chi connectivity index (χ0v) is 78.0. The molecule has 0 bridgehead atoms. The topological polar surface area (TPSA) is 264 Å². The molecule has 10 aromatic rings. The number of nitrogens with zero attached hydrogens (tertiary/aromatic N) is 3. The smallest absolute Gasteiger partial charge is 0.488 e. The Labute approximate surface area is 768 Å². The van der Waals surface area contributed by atoms with E-state index in [-0.39, 0.29) is 36.3 Å². The van der Waals surface area contributed by atoms with Gasteiger partial charge in [0.2, 0.25) is 0 Å². The highest BCUT2D eigenvalue weighted by Gasteiger charge is 2.27. The number of hydroxylamine groups is 1. The number of ether oxygens (including phenoxy) is 6. The fourth-order valence-corrected chi connectivity index (χ4v) is 16.0. The fraction of sp³-hybridized carbons (Fsp3) is 0.343. The Hall–Kier alpha value is -11.2. The molecule has 0 aromatic heterocycles. The number of hydrogen-bond donors (Lipinski definition) is 6. The number of hydrogen-bond acceptors (Lipinski definition) is 19. The lowest BCUT2D eigenvalue weighted by Crippen LogP contribution is -2.29. The number of rotatable bonds is 20. The molecule has 1 amide bonds. The number of fused-ring (bicyclic) bond motifs is 5. The summed E-state index contributed by atoms with van der Waals surface area (Å²) in [6, 6.07) is 68.8. The second-order valence-electron chi connectivity index (χ2n) is 32.9. The molecule has 23 heteroatoms. The summed E-state index contributed by atoms with van der Waals surface area (Å²) in [6.45, 7) is 10.3. The van der Waals surface area contributed by atoms with Crippen molar-refractivity contribution in [2.75, 3.05) is 117 Å². The number of benzene rings is 10. The lowest BCUT2D eigenvalue weighted by atomic mass is 9.79. The minimum atomic E-state index is -1.35. The van der Waals surface area contributed by atoms with Gasteiger partial charge < -0.3 is 63.4 Å². The lowest BCUT2D eigenvalue weighted by molar-refractivity contribution is 0.0591. The highest BCUT2D eigenvalue weighted by Crippen LogP contribution is 2.39.